The smallest absolute Gasteiger partial charge is 0.260 e. The van der Waals surface area contributed by atoms with Crippen LogP contribution >= 0.6 is 0 Å². The van der Waals surface area contributed by atoms with Crippen molar-refractivity contribution in [2.45, 2.75) is 50.3 Å². The number of nitrogens with zero attached hydrogens (tertiary/aromatic N) is 2. The number of nitrogens with two attached hydrogens (primary N) is 1. The zero-order valence-corrected chi connectivity index (χ0v) is 28.8. The summed E-state index contributed by atoms with van der Waals surface area (Å²) < 4.78 is 29.1. The van der Waals surface area contributed by atoms with Crippen molar-refractivity contribution in [2.24, 2.45) is 0 Å². The lowest BCUT2D eigenvalue weighted by molar-refractivity contribution is 0.0698. The van der Waals surface area contributed by atoms with Crippen LogP contribution in [0, 0.1) is 0 Å². The number of benzene rings is 3. The summed E-state index contributed by atoms with van der Waals surface area (Å²) in [6.45, 7) is 2.85. The first-order valence-corrected chi connectivity index (χ1v) is 17.3. The summed E-state index contributed by atoms with van der Waals surface area (Å²) in [5.41, 5.74) is 11.4. The van der Waals surface area contributed by atoms with Gasteiger partial charge in [0.2, 0.25) is 0 Å². The third-order valence-corrected chi connectivity index (χ3v) is 10.1. The number of rotatable bonds is 12. The fourth-order valence-corrected chi connectivity index (χ4v) is 7.25. The van der Waals surface area contributed by atoms with E-state index in [0.29, 0.717) is 72.7 Å². The van der Waals surface area contributed by atoms with Crippen LogP contribution < -0.4 is 35.3 Å². The molecule has 0 spiro atoms. The molecule has 0 bridgehead atoms. The van der Waals surface area contributed by atoms with Crippen LogP contribution in [0.15, 0.2) is 54.7 Å². The van der Waals surface area contributed by atoms with Crippen LogP contribution in [-0.4, -0.2) is 94.0 Å². The van der Waals surface area contributed by atoms with Crippen molar-refractivity contribution in [1.29, 1.82) is 0 Å². The Balaban J connectivity index is 0.917. The molecule has 12 heteroatoms. The van der Waals surface area contributed by atoms with Gasteiger partial charge in [0.05, 0.1) is 68.1 Å². The lowest BCUT2D eigenvalue weighted by atomic mass is 10.0. The number of carbonyl (C=O) groups is 2. The summed E-state index contributed by atoms with van der Waals surface area (Å²) in [4.78, 5) is 30.7. The first-order valence-electron chi connectivity index (χ1n) is 17.3. The number of methoxy groups -OCH3 is 3. The summed E-state index contributed by atoms with van der Waals surface area (Å²) in [5, 5.41) is 6.91. The number of anilines is 3. The minimum atomic E-state index is -0.0701. The van der Waals surface area contributed by atoms with Crippen molar-refractivity contribution in [1.82, 2.24) is 9.80 Å². The molecule has 1 fully saturated rings. The van der Waals surface area contributed by atoms with E-state index in [1.54, 1.807) is 33.5 Å². The number of amides is 2. The van der Waals surface area contributed by atoms with Gasteiger partial charge in [-0.05, 0) is 67.5 Å². The Labute approximate surface area is 292 Å². The fraction of sp³-hybridized carbons (Fsp3) is 0.421. The maximum absolute atomic E-state index is 13.7. The molecule has 50 heavy (non-hydrogen) atoms. The Morgan fingerprint density at radius 3 is 1.96 bits per heavy atom. The van der Waals surface area contributed by atoms with Gasteiger partial charge in [0.15, 0.2) is 23.0 Å². The van der Waals surface area contributed by atoms with E-state index < -0.39 is 0 Å². The van der Waals surface area contributed by atoms with Crippen LogP contribution in [-0.2, 0) is 4.74 Å². The van der Waals surface area contributed by atoms with Crippen molar-refractivity contribution in [3.05, 3.63) is 71.4 Å². The molecule has 2 amide bonds. The van der Waals surface area contributed by atoms with E-state index in [0.717, 1.165) is 54.6 Å². The van der Waals surface area contributed by atoms with Crippen LogP contribution in [0.4, 0.5) is 17.1 Å². The van der Waals surface area contributed by atoms with Crippen molar-refractivity contribution in [3.8, 4) is 23.0 Å². The third-order valence-electron chi connectivity index (χ3n) is 10.1. The molecule has 4 aliphatic heterocycles. The van der Waals surface area contributed by atoms with Gasteiger partial charge in [0, 0.05) is 50.8 Å². The molecule has 4 aliphatic rings. The van der Waals surface area contributed by atoms with Gasteiger partial charge in [-0.3, -0.25) is 9.59 Å². The maximum Gasteiger partial charge on any atom is 0.260 e. The predicted octanol–water partition coefficient (Wildman–Crippen LogP) is 5.25. The molecule has 3 aromatic rings. The van der Waals surface area contributed by atoms with Gasteiger partial charge in [-0.1, -0.05) is 12.1 Å². The summed E-state index contributed by atoms with van der Waals surface area (Å²) in [6, 6.07) is 15.1. The van der Waals surface area contributed by atoms with Crippen molar-refractivity contribution < 1.29 is 33.3 Å². The van der Waals surface area contributed by atoms with Gasteiger partial charge in [-0.2, -0.15) is 0 Å². The Morgan fingerprint density at radius 1 is 0.760 bits per heavy atom. The van der Waals surface area contributed by atoms with E-state index in [-0.39, 0.29) is 30.0 Å². The predicted molar refractivity (Wildman–Crippen MR) is 191 cm³/mol. The number of nitrogen functional groups attached to an aromatic ring is 1. The molecule has 3 atom stereocenters. The minimum absolute atomic E-state index is 0.00599. The second kappa shape index (κ2) is 14.4. The molecule has 0 aliphatic carbocycles. The number of unbranched alkanes of at least 4 members (excludes halogenated alkanes) is 2. The highest BCUT2D eigenvalue weighted by molar-refractivity contribution is 6.03. The Morgan fingerprint density at radius 2 is 1.36 bits per heavy atom. The SMILES string of the molecule is COc1cc2c(cc1OCCCCCOc1cc3c(cc1OC)C(=O)N1C[C@@H](OC)C[C@H]1CN3)NC[C@@H]1CC(c3ccc(N)cc3)=CN1C2=O. The van der Waals surface area contributed by atoms with Crippen LogP contribution in [0.1, 0.15) is 58.4 Å². The Hall–Kier alpha value is -5.10. The Bertz CT molecular complexity index is 1780. The first kappa shape index (κ1) is 33.4. The van der Waals surface area contributed by atoms with Crippen LogP contribution in [0.2, 0.25) is 0 Å². The lowest BCUT2D eigenvalue weighted by Gasteiger charge is -2.21. The molecule has 4 N–H and O–H groups in total. The zero-order chi connectivity index (χ0) is 34.8. The number of fused-ring (bicyclic) bond motifs is 4. The molecule has 7 rings (SSSR count). The van der Waals surface area contributed by atoms with E-state index in [4.69, 9.17) is 29.4 Å². The normalized spacial score (nSPS) is 20.7. The van der Waals surface area contributed by atoms with Gasteiger partial charge in [-0.15, -0.1) is 0 Å². The molecular formula is C38H45N5O7. The second-order valence-corrected chi connectivity index (χ2v) is 13.2. The first-order chi connectivity index (χ1) is 24.4. The maximum atomic E-state index is 13.7. The van der Waals surface area contributed by atoms with Gasteiger partial charge in [0.25, 0.3) is 11.8 Å². The summed E-state index contributed by atoms with van der Waals surface area (Å²) in [7, 11) is 4.86. The van der Waals surface area contributed by atoms with Crippen molar-refractivity contribution in [3.63, 3.8) is 0 Å². The highest BCUT2D eigenvalue weighted by Crippen LogP contribution is 2.40. The van der Waals surface area contributed by atoms with Crippen LogP contribution in [0.5, 0.6) is 23.0 Å². The largest absolute Gasteiger partial charge is 0.493 e. The number of hydrogen-bond acceptors (Lipinski definition) is 10. The molecule has 0 unspecified atom stereocenters. The molecule has 12 nitrogen and oxygen atoms in total. The lowest BCUT2D eigenvalue weighted by Crippen LogP contribution is -2.37. The van der Waals surface area contributed by atoms with Gasteiger partial charge in [0.1, 0.15) is 0 Å². The average molecular weight is 684 g/mol. The third kappa shape index (κ3) is 6.59. The van der Waals surface area contributed by atoms with E-state index >= 15 is 0 Å². The minimum Gasteiger partial charge on any atom is -0.493 e. The number of hydrogen-bond donors (Lipinski definition) is 3. The molecule has 0 radical (unpaired) electrons. The van der Waals surface area contributed by atoms with E-state index in [1.165, 1.54) is 0 Å². The van der Waals surface area contributed by atoms with E-state index in [2.05, 4.69) is 10.6 Å². The van der Waals surface area contributed by atoms with Gasteiger partial charge >= 0.3 is 0 Å². The molecule has 264 valence electrons. The highest BCUT2D eigenvalue weighted by atomic mass is 16.5. The molecule has 0 saturated carbocycles. The number of nitrogens with one attached hydrogen (secondary N) is 2. The Kier molecular flexibility index (Phi) is 9.62. The molecule has 4 heterocycles. The van der Waals surface area contributed by atoms with Crippen LogP contribution in [0.3, 0.4) is 0 Å². The molecule has 3 aromatic carbocycles. The molecule has 0 aromatic heterocycles. The summed E-state index contributed by atoms with van der Waals surface area (Å²) in [6.07, 6.45) is 6.08. The second-order valence-electron chi connectivity index (χ2n) is 13.2. The van der Waals surface area contributed by atoms with Crippen LogP contribution in [0.25, 0.3) is 5.57 Å². The fourth-order valence-electron chi connectivity index (χ4n) is 7.25. The number of carbonyl (C=O) groups excluding carboxylic acids is 2. The van der Waals surface area contributed by atoms with E-state index in [9.17, 15) is 9.59 Å². The van der Waals surface area contributed by atoms with Crippen molar-refractivity contribution in [2.75, 3.05) is 70.5 Å². The summed E-state index contributed by atoms with van der Waals surface area (Å²) >= 11 is 0. The highest BCUT2D eigenvalue weighted by Gasteiger charge is 2.39. The summed E-state index contributed by atoms with van der Waals surface area (Å²) in [5.74, 6) is 2.16. The average Bonchev–Trinajstić information content (AvgIpc) is 3.71. The standard InChI is InChI=1S/C38H45N5O7/c1-46-28-14-27-20-41-32-18-36(34(48-3)16-30(32)38(45)43(27)22-28)50-12-6-4-5-11-49-35-17-31-29(15-33(35)47-2)37(44)42-21-24(13-26(42)19-40-31)23-7-9-25(39)10-8-23/h7-10,15-18,21,26-28,40-41H,4-6,11-14,19-20,22,39H2,1-3H3/t26-,27-,28-/m0/s1. The van der Waals surface area contributed by atoms with E-state index in [1.807, 2.05) is 52.4 Å². The quantitative estimate of drug-likeness (QED) is 0.172. The van der Waals surface area contributed by atoms with Gasteiger partial charge < -0.3 is 49.9 Å². The van der Waals surface area contributed by atoms with Gasteiger partial charge in [-0.25, -0.2) is 0 Å². The topological polar surface area (TPSA) is 137 Å². The van der Waals surface area contributed by atoms with Crippen molar-refractivity contribution >= 4 is 34.4 Å². The zero-order valence-electron chi connectivity index (χ0n) is 28.8. The molecule has 1 saturated heterocycles. The number of ether oxygens (including phenoxy) is 5. The monoisotopic (exact) mass is 683 g/mol. The molecular weight excluding hydrogens is 638 g/mol.